The summed E-state index contributed by atoms with van der Waals surface area (Å²) in [7, 11) is 0. The van der Waals surface area contributed by atoms with Gasteiger partial charge in [-0.15, -0.1) is 12.4 Å². The summed E-state index contributed by atoms with van der Waals surface area (Å²) in [6.45, 7) is 2.66. The SMILES string of the molecule is Cl.O=C(CN1CCNCC1c1cccc(F)c1)NC1(c2ccccc2)CCC1. The summed E-state index contributed by atoms with van der Waals surface area (Å²) in [6.07, 6.45) is 3.10. The first kappa shape index (κ1) is 20.8. The topological polar surface area (TPSA) is 44.4 Å². The van der Waals surface area contributed by atoms with Crippen molar-refractivity contribution in [2.75, 3.05) is 26.2 Å². The summed E-state index contributed by atoms with van der Waals surface area (Å²) < 4.78 is 13.7. The van der Waals surface area contributed by atoms with Crippen molar-refractivity contribution < 1.29 is 9.18 Å². The number of hydrogen-bond acceptors (Lipinski definition) is 3. The van der Waals surface area contributed by atoms with E-state index in [2.05, 4.69) is 27.7 Å². The minimum Gasteiger partial charge on any atom is -0.345 e. The Morgan fingerprint density at radius 3 is 2.64 bits per heavy atom. The number of rotatable bonds is 5. The fraction of sp³-hybridized carbons (Fsp3) is 0.409. The summed E-state index contributed by atoms with van der Waals surface area (Å²) in [6, 6.07) is 16.9. The van der Waals surface area contributed by atoms with E-state index in [1.54, 1.807) is 12.1 Å². The molecule has 150 valence electrons. The summed E-state index contributed by atoms with van der Waals surface area (Å²) in [5, 5.41) is 6.66. The van der Waals surface area contributed by atoms with Gasteiger partial charge in [-0.25, -0.2) is 4.39 Å². The van der Waals surface area contributed by atoms with Crippen LogP contribution in [0.4, 0.5) is 4.39 Å². The van der Waals surface area contributed by atoms with Crippen molar-refractivity contribution in [2.24, 2.45) is 0 Å². The van der Waals surface area contributed by atoms with Gasteiger partial charge in [-0.2, -0.15) is 0 Å². The molecule has 0 spiro atoms. The summed E-state index contributed by atoms with van der Waals surface area (Å²) in [5.41, 5.74) is 1.88. The van der Waals surface area contributed by atoms with Gasteiger partial charge in [-0.3, -0.25) is 9.69 Å². The summed E-state index contributed by atoms with van der Waals surface area (Å²) >= 11 is 0. The molecule has 1 saturated heterocycles. The second kappa shape index (κ2) is 9.03. The Bertz CT molecular complexity index is 797. The van der Waals surface area contributed by atoms with Crippen molar-refractivity contribution in [1.82, 2.24) is 15.5 Å². The zero-order valence-electron chi connectivity index (χ0n) is 15.9. The van der Waals surface area contributed by atoms with E-state index < -0.39 is 0 Å². The number of benzene rings is 2. The Balaban J connectivity index is 0.00000225. The van der Waals surface area contributed by atoms with Crippen LogP contribution in [0.1, 0.15) is 36.4 Å². The second-order valence-electron chi connectivity index (χ2n) is 7.60. The Morgan fingerprint density at radius 2 is 1.96 bits per heavy atom. The van der Waals surface area contributed by atoms with E-state index in [9.17, 15) is 9.18 Å². The number of nitrogens with one attached hydrogen (secondary N) is 2. The van der Waals surface area contributed by atoms with Crippen molar-refractivity contribution in [1.29, 1.82) is 0 Å². The van der Waals surface area contributed by atoms with E-state index in [4.69, 9.17) is 0 Å². The third-order valence-electron chi connectivity index (χ3n) is 5.85. The van der Waals surface area contributed by atoms with Gasteiger partial charge in [0.2, 0.25) is 5.91 Å². The normalized spacial score (nSPS) is 21.2. The van der Waals surface area contributed by atoms with Gasteiger partial charge in [0.25, 0.3) is 0 Å². The van der Waals surface area contributed by atoms with Gasteiger partial charge >= 0.3 is 0 Å². The first-order chi connectivity index (χ1) is 13.2. The van der Waals surface area contributed by atoms with Crippen molar-refractivity contribution in [3.05, 3.63) is 71.5 Å². The number of piperazine rings is 1. The maximum atomic E-state index is 13.7. The molecular weight excluding hydrogens is 377 g/mol. The van der Waals surface area contributed by atoms with Gasteiger partial charge in [0, 0.05) is 25.7 Å². The molecule has 1 aliphatic heterocycles. The Kier molecular flexibility index (Phi) is 6.70. The van der Waals surface area contributed by atoms with Gasteiger partial charge in [0.15, 0.2) is 0 Å². The van der Waals surface area contributed by atoms with E-state index in [0.29, 0.717) is 6.54 Å². The van der Waals surface area contributed by atoms with Crippen LogP contribution >= 0.6 is 12.4 Å². The summed E-state index contributed by atoms with van der Waals surface area (Å²) in [5.74, 6) is -0.193. The Hall–Kier alpha value is -1.95. The third kappa shape index (κ3) is 4.37. The van der Waals surface area contributed by atoms with Crippen LogP contribution in [0, 0.1) is 5.82 Å². The first-order valence-corrected chi connectivity index (χ1v) is 9.73. The number of amides is 1. The molecule has 1 atom stereocenters. The largest absolute Gasteiger partial charge is 0.345 e. The molecule has 2 aromatic rings. The highest BCUT2D eigenvalue weighted by molar-refractivity contribution is 5.85. The maximum absolute atomic E-state index is 13.7. The van der Waals surface area contributed by atoms with E-state index in [1.165, 1.54) is 11.6 Å². The number of carbonyl (C=O) groups is 1. The molecule has 28 heavy (non-hydrogen) atoms. The highest BCUT2D eigenvalue weighted by atomic mass is 35.5. The van der Waals surface area contributed by atoms with Crippen LogP contribution in [0.25, 0.3) is 0 Å². The Morgan fingerprint density at radius 1 is 1.18 bits per heavy atom. The number of carbonyl (C=O) groups excluding carboxylic acids is 1. The molecule has 1 aliphatic carbocycles. The van der Waals surface area contributed by atoms with Gasteiger partial charge in [0.05, 0.1) is 12.1 Å². The lowest BCUT2D eigenvalue weighted by atomic mass is 9.72. The van der Waals surface area contributed by atoms with Gasteiger partial charge in [-0.05, 0) is 42.5 Å². The Labute approximate surface area is 171 Å². The van der Waals surface area contributed by atoms with E-state index in [0.717, 1.165) is 44.5 Å². The minimum atomic E-state index is -0.236. The second-order valence-corrected chi connectivity index (χ2v) is 7.60. The van der Waals surface area contributed by atoms with Gasteiger partial charge in [-0.1, -0.05) is 42.5 Å². The lowest BCUT2D eigenvalue weighted by Crippen LogP contribution is -2.55. The predicted molar refractivity (Wildman–Crippen MR) is 111 cm³/mol. The summed E-state index contributed by atoms with van der Waals surface area (Å²) in [4.78, 5) is 15.0. The molecule has 2 aliphatic rings. The molecular formula is C22H27ClFN3O. The molecule has 2 fully saturated rings. The van der Waals surface area contributed by atoms with Crippen molar-refractivity contribution >= 4 is 18.3 Å². The number of nitrogens with zero attached hydrogens (tertiary/aromatic N) is 1. The predicted octanol–water partition coefficient (Wildman–Crippen LogP) is 3.39. The van der Waals surface area contributed by atoms with Crippen LogP contribution in [0.2, 0.25) is 0 Å². The highest BCUT2D eigenvalue weighted by Crippen LogP contribution is 2.41. The van der Waals surface area contributed by atoms with E-state index >= 15 is 0 Å². The van der Waals surface area contributed by atoms with Crippen LogP contribution in [-0.2, 0) is 10.3 Å². The van der Waals surface area contributed by atoms with Crippen LogP contribution in [0.5, 0.6) is 0 Å². The van der Waals surface area contributed by atoms with Crippen LogP contribution in [-0.4, -0.2) is 37.0 Å². The number of hydrogen-bond donors (Lipinski definition) is 2. The van der Waals surface area contributed by atoms with Crippen LogP contribution in [0.15, 0.2) is 54.6 Å². The standard InChI is InChI=1S/C22H26FN3O.ClH/c23-19-9-4-6-17(14-19)20-15-24-12-13-26(20)16-21(27)25-22(10-5-11-22)18-7-2-1-3-8-18;/h1-4,6-9,14,20,24H,5,10-13,15-16H2,(H,25,27);1H. The molecule has 0 bridgehead atoms. The average molecular weight is 404 g/mol. The lowest BCUT2D eigenvalue weighted by molar-refractivity contribution is -0.126. The highest BCUT2D eigenvalue weighted by Gasteiger charge is 2.40. The molecule has 2 N–H and O–H groups in total. The number of halogens is 2. The molecule has 1 amide bonds. The maximum Gasteiger partial charge on any atom is 0.234 e. The quantitative estimate of drug-likeness (QED) is 0.804. The molecule has 4 nitrogen and oxygen atoms in total. The molecule has 1 unspecified atom stereocenters. The smallest absolute Gasteiger partial charge is 0.234 e. The third-order valence-corrected chi connectivity index (χ3v) is 5.85. The minimum absolute atomic E-state index is 0. The van der Waals surface area contributed by atoms with Crippen LogP contribution in [0.3, 0.4) is 0 Å². The molecule has 1 saturated carbocycles. The monoisotopic (exact) mass is 403 g/mol. The van der Waals surface area contributed by atoms with Crippen molar-refractivity contribution in [3.63, 3.8) is 0 Å². The van der Waals surface area contributed by atoms with Gasteiger partial charge in [0.1, 0.15) is 5.82 Å². The van der Waals surface area contributed by atoms with E-state index in [-0.39, 0.29) is 35.7 Å². The molecule has 1 heterocycles. The molecule has 4 rings (SSSR count). The first-order valence-electron chi connectivity index (χ1n) is 9.73. The lowest BCUT2D eigenvalue weighted by Gasteiger charge is -2.44. The van der Waals surface area contributed by atoms with Crippen molar-refractivity contribution in [2.45, 2.75) is 30.8 Å². The fourth-order valence-corrected chi connectivity index (χ4v) is 4.24. The molecule has 0 radical (unpaired) electrons. The van der Waals surface area contributed by atoms with Crippen LogP contribution < -0.4 is 10.6 Å². The molecule has 2 aromatic carbocycles. The fourth-order valence-electron chi connectivity index (χ4n) is 4.24. The zero-order chi connectivity index (χ0) is 18.7. The zero-order valence-corrected chi connectivity index (χ0v) is 16.7. The molecule has 6 heteroatoms. The average Bonchev–Trinajstić information content (AvgIpc) is 2.66. The van der Waals surface area contributed by atoms with E-state index in [1.807, 2.05) is 24.3 Å². The molecule has 0 aromatic heterocycles. The van der Waals surface area contributed by atoms with Gasteiger partial charge < -0.3 is 10.6 Å². The van der Waals surface area contributed by atoms with Crippen molar-refractivity contribution in [3.8, 4) is 0 Å².